The first-order valence-corrected chi connectivity index (χ1v) is 10.6. The topological polar surface area (TPSA) is 43.9 Å². The standard InChI is InChI=1S/C24H29N3O2/c1-19-6-5-7-21(18-19)24(29)26-12-10-20(11-13-26)23(28)27-16-14-25(15-17-27)22-8-3-2-4-9-22/h2-9,18,20H,10-17H2,1H3. The molecule has 2 saturated heterocycles. The summed E-state index contributed by atoms with van der Waals surface area (Å²) < 4.78 is 0. The van der Waals surface area contributed by atoms with E-state index < -0.39 is 0 Å². The molecular formula is C24H29N3O2. The predicted octanol–water partition coefficient (Wildman–Crippen LogP) is 3.20. The zero-order chi connectivity index (χ0) is 20.2. The van der Waals surface area contributed by atoms with Gasteiger partial charge in [0.2, 0.25) is 5.91 Å². The van der Waals surface area contributed by atoms with E-state index in [-0.39, 0.29) is 17.7 Å². The summed E-state index contributed by atoms with van der Waals surface area (Å²) in [5.74, 6) is 0.385. The number of para-hydroxylation sites is 1. The van der Waals surface area contributed by atoms with Crippen LogP contribution in [-0.4, -0.2) is 60.9 Å². The summed E-state index contributed by atoms with van der Waals surface area (Å²) in [4.78, 5) is 32.0. The fourth-order valence-corrected chi connectivity index (χ4v) is 4.37. The van der Waals surface area contributed by atoms with Crippen LogP contribution in [0.25, 0.3) is 0 Å². The average Bonchev–Trinajstić information content (AvgIpc) is 2.79. The third-order valence-corrected chi connectivity index (χ3v) is 6.11. The minimum atomic E-state index is 0.0415. The molecule has 0 unspecified atom stereocenters. The number of anilines is 1. The Labute approximate surface area is 172 Å². The fraction of sp³-hybridized carbons (Fsp3) is 0.417. The van der Waals surface area contributed by atoms with Gasteiger partial charge < -0.3 is 14.7 Å². The minimum absolute atomic E-state index is 0.0415. The molecule has 0 aliphatic carbocycles. The van der Waals surface area contributed by atoms with Crippen LogP contribution in [0, 0.1) is 12.8 Å². The molecule has 2 amide bonds. The largest absolute Gasteiger partial charge is 0.368 e. The molecule has 0 N–H and O–H groups in total. The van der Waals surface area contributed by atoms with Gasteiger partial charge in [-0.1, -0.05) is 35.9 Å². The number of piperazine rings is 1. The molecule has 0 saturated carbocycles. The maximum Gasteiger partial charge on any atom is 0.253 e. The van der Waals surface area contributed by atoms with E-state index in [0.717, 1.165) is 50.1 Å². The van der Waals surface area contributed by atoms with Gasteiger partial charge in [0, 0.05) is 56.4 Å². The van der Waals surface area contributed by atoms with E-state index in [1.165, 1.54) is 5.69 Å². The van der Waals surface area contributed by atoms with Crippen molar-refractivity contribution in [3.8, 4) is 0 Å². The molecular weight excluding hydrogens is 362 g/mol. The molecule has 2 heterocycles. The van der Waals surface area contributed by atoms with Gasteiger partial charge in [0.1, 0.15) is 0 Å². The molecule has 0 aromatic heterocycles. The Balaban J connectivity index is 1.28. The van der Waals surface area contributed by atoms with E-state index in [2.05, 4.69) is 29.2 Å². The fourth-order valence-electron chi connectivity index (χ4n) is 4.37. The second kappa shape index (κ2) is 8.68. The SMILES string of the molecule is Cc1cccc(C(=O)N2CCC(C(=O)N3CCN(c4ccccc4)CC3)CC2)c1. The second-order valence-corrected chi connectivity index (χ2v) is 8.08. The Morgan fingerprint density at radius 2 is 1.48 bits per heavy atom. The molecule has 152 valence electrons. The zero-order valence-corrected chi connectivity index (χ0v) is 17.1. The van der Waals surface area contributed by atoms with Crippen LogP contribution in [0.1, 0.15) is 28.8 Å². The molecule has 2 fully saturated rings. The number of aryl methyl sites for hydroxylation is 1. The number of carbonyl (C=O) groups excluding carboxylic acids is 2. The summed E-state index contributed by atoms with van der Waals surface area (Å²) >= 11 is 0. The van der Waals surface area contributed by atoms with Crippen LogP contribution in [0.4, 0.5) is 5.69 Å². The monoisotopic (exact) mass is 391 g/mol. The summed E-state index contributed by atoms with van der Waals surface area (Å²) in [5, 5.41) is 0. The van der Waals surface area contributed by atoms with Gasteiger partial charge in [-0.05, 0) is 44.0 Å². The Hall–Kier alpha value is -2.82. The van der Waals surface area contributed by atoms with Gasteiger partial charge in [-0.2, -0.15) is 0 Å². The number of amides is 2. The molecule has 5 nitrogen and oxygen atoms in total. The molecule has 2 aliphatic rings. The number of piperidine rings is 1. The van der Waals surface area contributed by atoms with Gasteiger partial charge in [0.25, 0.3) is 5.91 Å². The number of rotatable bonds is 3. The van der Waals surface area contributed by atoms with Gasteiger partial charge in [0.15, 0.2) is 0 Å². The van der Waals surface area contributed by atoms with Crippen molar-refractivity contribution in [1.82, 2.24) is 9.80 Å². The first-order valence-electron chi connectivity index (χ1n) is 10.6. The summed E-state index contributed by atoms with van der Waals surface area (Å²) in [7, 11) is 0. The van der Waals surface area contributed by atoms with E-state index in [4.69, 9.17) is 0 Å². The first kappa shape index (κ1) is 19.5. The van der Waals surface area contributed by atoms with E-state index in [1.807, 2.05) is 47.1 Å². The smallest absolute Gasteiger partial charge is 0.253 e. The van der Waals surface area contributed by atoms with Gasteiger partial charge >= 0.3 is 0 Å². The van der Waals surface area contributed by atoms with Crippen molar-refractivity contribution in [2.45, 2.75) is 19.8 Å². The lowest BCUT2D eigenvalue weighted by Gasteiger charge is -2.39. The maximum absolute atomic E-state index is 13.0. The number of hydrogen-bond donors (Lipinski definition) is 0. The molecule has 2 aromatic rings. The quantitative estimate of drug-likeness (QED) is 0.807. The predicted molar refractivity (Wildman–Crippen MR) is 115 cm³/mol. The average molecular weight is 392 g/mol. The molecule has 29 heavy (non-hydrogen) atoms. The van der Waals surface area contributed by atoms with Crippen LogP contribution in [0.5, 0.6) is 0 Å². The number of likely N-dealkylation sites (tertiary alicyclic amines) is 1. The second-order valence-electron chi connectivity index (χ2n) is 8.08. The van der Waals surface area contributed by atoms with E-state index >= 15 is 0 Å². The lowest BCUT2D eigenvalue weighted by molar-refractivity contribution is -0.137. The number of nitrogens with zero attached hydrogens (tertiary/aromatic N) is 3. The van der Waals surface area contributed by atoms with Crippen LogP contribution in [0.15, 0.2) is 54.6 Å². The maximum atomic E-state index is 13.0. The van der Waals surface area contributed by atoms with Crippen molar-refractivity contribution in [2.75, 3.05) is 44.2 Å². The van der Waals surface area contributed by atoms with Crippen LogP contribution in [0.3, 0.4) is 0 Å². The summed E-state index contributed by atoms with van der Waals surface area (Å²) in [5.41, 5.74) is 3.06. The number of carbonyl (C=O) groups is 2. The van der Waals surface area contributed by atoms with Crippen molar-refractivity contribution in [3.05, 3.63) is 65.7 Å². The highest BCUT2D eigenvalue weighted by atomic mass is 16.2. The third kappa shape index (κ3) is 4.44. The molecule has 0 atom stereocenters. The van der Waals surface area contributed by atoms with Gasteiger partial charge in [0.05, 0.1) is 0 Å². The molecule has 2 aliphatic heterocycles. The van der Waals surface area contributed by atoms with Crippen molar-refractivity contribution >= 4 is 17.5 Å². The van der Waals surface area contributed by atoms with Crippen LogP contribution >= 0.6 is 0 Å². The number of benzene rings is 2. The van der Waals surface area contributed by atoms with Gasteiger partial charge in [-0.25, -0.2) is 0 Å². The molecule has 0 spiro atoms. The van der Waals surface area contributed by atoms with Crippen LogP contribution in [0.2, 0.25) is 0 Å². The highest BCUT2D eigenvalue weighted by Crippen LogP contribution is 2.23. The Morgan fingerprint density at radius 1 is 0.793 bits per heavy atom. The molecule has 0 bridgehead atoms. The molecule has 5 heteroatoms. The van der Waals surface area contributed by atoms with Gasteiger partial charge in [-0.15, -0.1) is 0 Å². The van der Waals surface area contributed by atoms with Crippen molar-refractivity contribution in [2.24, 2.45) is 5.92 Å². The summed E-state index contributed by atoms with van der Waals surface area (Å²) in [6, 6.07) is 18.1. The number of hydrogen-bond acceptors (Lipinski definition) is 3. The highest BCUT2D eigenvalue weighted by Gasteiger charge is 2.32. The van der Waals surface area contributed by atoms with E-state index in [1.54, 1.807) is 0 Å². The van der Waals surface area contributed by atoms with E-state index in [0.29, 0.717) is 13.1 Å². The Morgan fingerprint density at radius 3 is 2.14 bits per heavy atom. The minimum Gasteiger partial charge on any atom is -0.368 e. The third-order valence-electron chi connectivity index (χ3n) is 6.11. The molecule has 2 aromatic carbocycles. The van der Waals surface area contributed by atoms with Crippen molar-refractivity contribution < 1.29 is 9.59 Å². The Kier molecular flexibility index (Phi) is 5.84. The normalized spacial score (nSPS) is 18.0. The summed E-state index contributed by atoms with van der Waals surface area (Å²) in [6.45, 7) is 6.62. The molecule has 0 radical (unpaired) electrons. The molecule has 4 rings (SSSR count). The summed E-state index contributed by atoms with van der Waals surface area (Å²) in [6.07, 6.45) is 1.52. The first-order chi connectivity index (χ1) is 14.1. The lowest BCUT2D eigenvalue weighted by atomic mass is 9.94. The lowest BCUT2D eigenvalue weighted by Crippen LogP contribution is -2.52. The van der Waals surface area contributed by atoms with Gasteiger partial charge in [-0.3, -0.25) is 9.59 Å². The van der Waals surface area contributed by atoms with Crippen LogP contribution < -0.4 is 4.90 Å². The van der Waals surface area contributed by atoms with Crippen molar-refractivity contribution in [3.63, 3.8) is 0 Å². The zero-order valence-electron chi connectivity index (χ0n) is 17.1. The highest BCUT2D eigenvalue weighted by molar-refractivity contribution is 5.94. The van der Waals surface area contributed by atoms with Crippen LogP contribution in [-0.2, 0) is 4.79 Å². The van der Waals surface area contributed by atoms with E-state index in [9.17, 15) is 9.59 Å². The Bertz CT molecular complexity index is 851. The van der Waals surface area contributed by atoms with Crippen molar-refractivity contribution in [1.29, 1.82) is 0 Å².